The molecular weight excluding hydrogens is 396 g/mol. The number of amides is 1. The average molecular weight is 424 g/mol. The predicted molar refractivity (Wildman–Crippen MR) is 117 cm³/mol. The molecule has 31 heavy (non-hydrogen) atoms. The van der Waals surface area contributed by atoms with Crippen LogP contribution in [0.3, 0.4) is 0 Å². The molecule has 0 unspecified atom stereocenters. The van der Waals surface area contributed by atoms with Gasteiger partial charge in [0.15, 0.2) is 6.61 Å². The number of hydrogen-bond donors (Lipinski definition) is 1. The molecule has 0 bridgehead atoms. The molecule has 7 heteroatoms. The zero-order chi connectivity index (χ0) is 22.5. The number of H-pyrrole nitrogens is 1. The molecule has 1 aliphatic heterocycles. The van der Waals surface area contributed by atoms with Crippen molar-refractivity contribution in [2.45, 2.75) is 40.2 Å². The number of aromatic amines is 1. The number of carbonyl (C=O) groups excluding carboxylic acids is 3. The molecule has 7 nitrogen and oxygen atoms in total. The lowest BCUT2D eigenvalue weighted by molar-refractivity contribution is -0.134. The molecule has 0 aliphatic carbocycles. The molecule has 0 saturated heterocycles. The Hall–Kier alpha value is -3.35. The van der Waals surface area contributed by atoms with Crippen LogP contribution in [0.4, 0.5) is 0 Å². The van der Waals surface area contributed by atoms with Crippen molar-refractivity contribution in [3.63, 3.8) is 0 Å². The first kappa shape index (κ1) is 22.3. The van der Waals surface area contributed by atoms with Gasteiger partial charge in [0.1, 0.15) is 5.69 Å². The number of ether oxygens (including phenoxy) is 2. The van der Waals surface area contributed by atoms with Crippen LogP contribution >= 0.6 is 0 Å². The van der Waals surface area contributed by atoms with Gasteiger partial charge >= 0.3 is 11.9 Å². The van der Waals surface area contributed by atoms with Crippen LogP contribution in [0, 0.1) is 13.8 Å². The Morgan fingerprint density at radius 2 is 1.81 bits per heavy atom. The summed E-state index contributed by atoms with van der Waals surface area (Å²) in [4.78, 5) is 41.8. The van der Waals surface area contributed by atoms with Gasteiger partial charge in [0, 0.05) is 18.8 Å². The molecule has 164 valence electrons. The highest BCUT2D eigenvalue weighted by molar-refractivity contribution is 5.99. The number of aryl methyl sites for hydroxylation is 1. The van der Waals surface area contributed by atoms with Crippen LogP contribution < -0.4 is 0 Å². The topological polar surface area (TPSA) is 88.7 Å². The van der Waals surface area contributed by atoms with Crippen LogP contribution in [-0.2, 0) is 14.3 Å². The minimum absolute atomic E-state index is 0.158. The average Bonchev–Trinajstić information content (AvgIpc) is 3.06. The van der Waals surface area contributed by atoms with E-state index in [9.17, 15) is 14.4 Å². The molecular formula is C24H28N2O5. The second kappa shape index (κ2) is 9.64. The number of carbonyl (C=O) groups is 3. The minimum Gasteiger partial charge on any atom is -0.459 e. The van der Waals surface area contributed by atoms with Crippen molar-refractivity contribution in [3.8, 4) is 0 Å². The van der Waals surface area contributed by atoms with E-state index in [4.69, 9.17) is 9.47 Å². The summed E-state index contributed by atoms with van der Waals surface area (Å²) in [5.41, 5.74) is 3.82. The van der Waals surface area contributed by atoms with Gasteiger partial charge in [0.25, 0.3) is 5.91 Å². The second-order valence-corrected chi connectivity index (χ2v) is 7.84. The molecule has 3 rings (SSSR count). The molecule has 2 aromatic rings. The maximum absolute atomic E-state index is 12.5. The summed E-state index contributed by atoms with van der Waals surface area (Å²) in [5.74, 6) is -1.42. The largest absolute Gasteiger partial charge is 0.459 e. The number of benzene rings is 1. The molecule has 1 amide bonds. The van der Waals surface area contributed by atoms with Crippen LogP contribution in [0.5, 0.6) is 0 Å². The van der Waals surface area contributed by atoms with Gasteiger partial charge < -0.3 is 19.4 Å². The zero-order valence-electron chi connectivity index (χ0n) is 18.4. The Labute approximate surface area is 182 Å². The van der Waals surface area contributed by atoms with Crippen LogP contribution in [0.25, 0.3) is 5.57 Å². The van der Waals surface area contributed by atoms with E-state index in [0.29, 0.717) is 29.9 Å². The van der Waals surface area contributed by atoms with E-state index < -0.39 is 11.9 Å². The lowest BCUT2D eigenvalue weighted by Gasteiger charge is -2.26. The van der Waals surface area contributed by atoms with Crippen molar-refractivity contribution in [1.29, 1.82) is 0 Å². The van der Waals surface area contributed by atoms with E-state index in [2.05, 4.69) is 17.1 Å². The van der Waals surface area contributed by atoms with E-state index in [0.717, 1.165) is 12.0 Å². The Morgan fingerprint density at radius 1 is 1.10 bits per heavy atom. The van der Waals surface area contributed by atoms with Crippen molar-refractivity contribution >= 4 is 23.4 Å². The summed E-state index contributed by atoms with van der Waals surface area (Å²) in [6.45, 7) is 7.56. The number of aromatic nitrogens is 1. The molecule has 0 radical (unpaired) electrons. The molecule has 1 aromatic heterocycles. The number of esters is 2. The number of nitrogens with one attached hydrogen (secondary N) is 1. The Balaban J connectivity index is 1.58. The number of rotatable bonds is 6. The van der Waals surface area contributed by atoms with Crippen molar-refractivity contribution in [2.75, 3.05) is 19.7 Å². The lowest BCUT2D eigenvalue weighted by Crippen LogP contribution is -2.37. The second-order valence-electron chi connectivity index (χ2n) is 7.84. The first-order valence-electron chi connectivity index (χ1n) is 10.4. The van der Waals surface area contributed by atoms with Crippen LogP contribution in [0.2, 0.25) is 0 Å². The third-order valence-electron chi connectivity index (χ3n) is 5.22. The summed E-state index contributed by atoms with van der Waals surface area (Å²) in [6.07, 6.45) is 2.51. The third-order valence-corrected chi connectivity index (χ3v) is 5.22. The molecule has 2 heterocycles. The smallest absolute Gasteiger partial charge is 0.355 e. The van der Waals surface area contributed by atoms with Gasteiger partial charge in [-0.1, -0.05) is 36.4 Å². The van der Waals surface area contributed by atoms with Gasteiger partial charge in [-0.25, -0.2) is 9.59 Å². The maximum Gasteiger partial charge on any atom is 0.355 e. The molecule has 1 aliphatic rings. The van der Waals surface area contributed by atoms with Gasteiger partial charge in [0.2, 0.25) is 0 Å². The zero-order valence-corrected chi connectivity index (χ0v) is 18.4. The first-order chi connectivity index (χ1) is 14.8. The highest BCUT2D eigenvalue weighted by Gasteiger charge is 2.26. The van der Waals surface area contributed by atoms with Crippen LogP contribution in [0.1, 0.15) is 57.9 Å². The predicted octanol–water partition coefficient (Wildman–Crippen LogP) is 3.67. The van der Waals surface area contributed by atoms with Crippen LogP contribution in [0.15, 0.2) is 36.4 Å². The highest BCUT2D eigenvalue weighted by atomic mass is 16.5. The van der Waals surface area contributed by atoms with Gasteiger partial charge in [-0.05, 0) is 50.8 Å². The normalized spacial score (nSPS) is 13.7. The summed E-state index contributed by atoms with van der Waals surface area (Å²) >= 11 is 0. The fraction of sp³-hybridized carbons (Fsp3) is 0.375. The van der Waals surface area contributed by atoms with E-state index in [1.807, 2.05) is 24.3 Å². The lowest BCUT2D eigenvalue weighted by atomic mass is 10.00. The SMILES string of the molecule is Cc1[nH]c(C(=O)OCC(=O)N2CC=C(c3ccccc3)CC2)c(C)c1C(=O)OC(C)C. The molecule has 1 aromatic carbocycles. The van der Waals surface area contributed by atoms with Gasteiger partial charge in [0.05, 0.1) is 11.7 Å². The Bertz CT molecular complexity index is 1000. The van der Waals surface area contributed by atoms with Crippen molar-refractivity contribution in [3.05, 3.63) is 64.5 Å². The quantitative estimate of drug-likeness (QED) is 0.715. The van der Waals surface area contributed by atoms with Crippen molar-refractivity contribution < 1.29 is 23.9 Å². The first-order valence-corrected chi connectivity index (χ1v) is 10.4. The van der Waals surface area contributed by atoms with Crippen molar-refractivity contribution in [2.24, 2.45) is 0 Å². The van der Waals surface area contributed by atoms with Gasteiger partial charge in [-0.15, -0.1) is 0 Å². The molecule has 0 spiro atoms. The van der Waals surface area contributed by atoms with E-state index in [-0.39, 0.29) is 24.3 Å². The third kappa shape index (κ3) is 5.23. The minimum atomic E-state index is -0.671. The highest BCUT2D eigenvalue weighted by Crippen LogP contribution is 2.23. The van der Waals surface area contributed by atoms with E-state index in [1.165, 1.54) is 5.57 Å². The van der Waals surface area contributed by atoms with Crippen molar-refractivity contribution in [1.82, 2.24) is 9.88 Å². The number of nitrogens with zero attached hydrogens (tertiary/aromatic N) is 1. The van der Waals surface area contributed by atoms with E-state index in [1.54, 1.807) is 32.6 Å². The fourth-order valence-electron chi connectivity index (χ4n) is 3.63. The summed E-state index contributed by atoms with van der Waals surface area (Å²) in [6, 6.07) is 10.1. The molecule has 0 atom stereocenters. The molecule has 1 N–H and O–H groups in total. The number of hydrogen-bond acceptors (Lipinski definition) is 5. The van der Waals surface area contributed by atoms with E-state index >= 15 is 0 Å². The summed E-state index contributed by atoms with van der Waals surface area (Å²) in [5, 5.41) is 0. The summed E-state index contributed by atoms with van der Waals surface area (Å²) in [7, 11) is 0. The standard InChI is InChI=1S/C24H28N2O5/c1-15(2)31-23(28)21-16(3)22(25-17(21)4)24(29)30-14-20(27)26-12-10-19(11-13-26)18-8-6-5-7-9-18/h5-10,15,25H,11-14H2,1-4H3. The summed E-state index contributed by atoms with van der Waals surface area (Å²) < 4.78 is 10.5. The van der Waals surface area contributed by atoms with Gasteiger partial charge in [-0.2, -0.15) is 0 Å². The monoisotopic (exact) mass is 424 g/mol. The Kier molecular flexibility index (Phi) is 6.95. The maximum atomic E-state index is 12.5. The van der Waals surface area contributed by atoms with Crippen LogP contribution in [-0.4, -0.2) is 53.5 Å². The fourth-order valence-corrected chi connectivity index (χ4v) is 3.63. The Morgan fingerprint density at radius 3 is 2.42 bits per heavy atom. The molecule has 0 fully saturated rings. The van der Waals surface area contributed by atoms with Gasteiger partial charge in [-0.3, -0.25) is 4.79 Å². The molecule has 0 saturated carbocycles.